The van der Waals surface area contributed by atoms with Crippen molar-refractivity contribution in [3.8, 4) is 0 Å². The minimum Gasteiger partial charge on any atom is -0.458 e. The smallest absolute Gasteiger partial charge is 0.408 e. The summed E-state index contributed by atoms with van der Waals surface area (Å²) in [6.45, 7) is 12.6. The quantitative estimate of drug-likeness (QED) is 0.446. The maximum Gasteiger partial charge on any atom is 0.408 e. The van der Waals surface area contributed by atoms with E-state index in [0.29, 0.717) is 17.0 Å². The molecule has 7 nitrogen and oxygen atoms in total. The number of amides is 2. The maximum atomic E-state index is 13.1. The molecule has 8 heteroatoms. The lowest BCUT2D eigenvalue weighted by molar-refractivity contribution is -0.159. The predicted octanol–water partition coefficient (Wildman–Crippen LogP) is 4.17. The van der Waals surface area contributed by atoms with Crippen LogP contribution >= 0.6 is 11.6 Å². The van der Waals surface area contributed by atoms with E-state index in [9.17, 15) is 14.4 Å². The Labute approximate surface area is 183 Å². The number of nitrogens with one attached hydrogen (secondary N) is 2. The highest BCUT2D eigenvalue weighted by atomic mass is 35.5. The molecule has 30 heavy (non-hydrogen) atoms. The zero-order valence-corrected chi connectivity index (χ0v) is 18.9. The van der Waals surface area contributed by atoms with Crippen LogP contribution in [-0.2, 0) is 19.1 Å². The molecule has 0 aliphatic heterocycles. The number of esters is 1. The first-order valence-corrected chi connectivity index (χ1v) is 10.1. The van der Waals surface area contributed by atoms with E-state index >= 15 is 0 Å². The van der Waals surface area contributed by atoms with Gasteiger partial charge in [-0.2, -0.15) is 0 Å². The highest BCUT2D eigenvalue weighted by Crippen LogP contribution is 2.19. The molecule has 2 amide bonds. The van der Waals surface area contributed by atoms with Crippen molar-refractivity contribution in [3.05, 3.63) is 47.5 Å². The molecule has 166 valence electrons. The molecule has 0 aliphatic rings. The molecule has 0 fully saturated rings. The maximum absolute atomic E-state index is 13.1. The third-order valence-electron chi connectivity index (χ3n) is 3.77. The second kappa shape index (κ2) is 11.6. The predicted molar refractivity (Wildman–Crippen MR) is 116 cm³/mol. The largest absolute Gasteiger partial charge is 0.458 e. The van der Waals surface area contributed by atoms with Crippen LogP contribution < -0.4 is 10.6 Å². The van der Waals surface area contributed by atoms with Gasteiger partial charge in [0, 0.05) is 5.02 Å². The Morgan fingerprint density at radius 1 is 1.13 bits per heavy atom. The molecule has 0 saturated carbocycles. The fourth-order valence-electron chi connectivity index (χ4n) is 2.56. The minimum absolute atomic E-state index is 0.00528. The van der Waals surface area contributed by atoms with Crippen molar-refractivity contribution in [2.24, 2.45) is 5.92 Å². The Hall–Kier alpha value is -2.54. The fourth-order valence-corrected chi connectivity index (χ4v) is 2.69. The summed E-state index contributed by atoms with van der Waals surface area (Å²) in [5.74, 6) is -0.972. The van der Waals surface area contributed by atoms with E-state index in [4.69, 9.17) is 21.1 Å². The number of carbonyl (C=O) groups excluding carboxylic acids is 3. The van der Waals surface area contributed by atoms with Crippen molar-refractivity contribution in [1.82, 2.24) is 10.6 Å². The lowest BCUT2D eigenvalue weighted by Crippen LogP contribution is -2.49. The van der Waals surface area contributed by atoms with E-state index < -0.39 is 35.7 Å². The first-order chi connectivity index (χ1) is 13.9. The summed E-state index contributed by atoms with van der Waals surface area (Å²) in [4.78, 5) is 37.7. The van der Waals surface area contributed by atoms with E-state index in [1.54, 1.807) is 45.0 Å². The molecule has 1 aromatic carbocycles. The van der Waals surface area contributed by atoms with Gasteiger partial charge in [-0.15, -0.1) is 0 Å². The average Bonchev–Trinajstić information content (AvgIpc) is 2.63. The highest BCUT2D eigenvalue weighted by Gasteiger charge is 2.31. The number of rotatable bonds is 9. The second-order valence-electron chi connectivity index (χ2n) is 8.24. The second-order valence-corrected chi connectivity index (χ2v) is 8.68. The molecule has 0 spiro atoms. The van der Waals surface area contributed by atoms with Crippen molar-refractivity contribution < 1.29 is 23.9 Å². The van der Waals surface area contributed by atoms with Gasteiger partial charge in [-0.05, 0) is 50.8 Å². The molecule has 0 bridgehead atoms. The summed E-state index contributed by atoms with van der Waals surface area (Å²) in [5, 5.41) is 5.71. The fraction of sp³-hybridized carbons (Fsp3) is 0.500. The van der Waals surface area contributed by atoms with Crippen molar-refractivity contribution in [1.29, 1.82) is 0 Å². The van der Waals surface area contributed by atoms with Crippen LogP contribution in [0.1, 0.15) is 52.6 Å². The van der Waals surface area contributed by atoms with Gasteiger partial charge in [-0.1, -0.05) is 50.2 Å². The Bertz CT molecular complexity index is 741. The molecule has 1 aromatic rings. The summed E-state index contributed by atoms with van der Waals surface area (Å²) >= 11 is 5.93. The zero-order valence-electron chi connectivity index (χ0n) is 18.2. The summed E-state index contributed by atoms with van der Waals surface area (Å²) in [5.41, 5.74) is -0.209. The first-order valence-electron chi connectivity index (χ1n) is 9.75. The zero-order chi connectivity index (χ0) is 22.9. The number of hydrogen-bond acceptors (Lipinski definition) is 5. The van der Waals surface area contributed by atoms with Gasteiger partial charge in [0.2, 0.25) is 5.91 Å². The Morgan fingerprint density at radius 3 is 2.23 bits per heavy atom. The molecule has 2 atom stereocenters. The minimum atomic E-state index is -1.09. The lowest BCUT2D eigenvalue weighted by atomic mass is 10.0. The van der Waals surface area contributed by atoms with E-state index in [0.717, 1.165) is 0 Å². The van der Waals surface area contributed by atoms with Gasteiger partial charge in [0.15, 0.2) is 0 Å². The normalized spacial score (nSPS) is 13.2. The number of ether oxygens (including phenoxy) is 2. The average molecular weight is 439 g/mol. The van der Waals surface area contributed by atoms with Crippen molar-refractivity contribution in [2.45, 2.75) is 58.7 Å². The molecule has 2 N–H and O–H groups in total. The molecule has 0 aliphatic carbocycles. The van der Waals surface area contributed by atoms with Crippen LogP contribution in [0, 0.1) is 5.92 Å². The van der Waals surface area contributed by atoms with Crippen LogP contribution in [0.2, 0.25) is 5.02 Å². The Balaban J connectivity index is 3.08. The van der Waals surface area contributed by atoms with E-state index in [2.05, 4.69) is 17.2 Å². The van der Waals surface area contributed by atoms with Gasteiger partial charge >= 0.3 is 12.1 Å². The molecule has 0 saturated heterocycles. The number of benzene rings is 1. The molecule has 0 unspecified atom stereocenters. The number of carbonyl (C=O) groups is 3. The van der Waals surface area contributed by atoms with Gasteiger partial charge in [0.05, 0.1) is 0 Å². The molecular formula is C22H31ClN2O5. The van der Waals surface area contributed by atoms with E-state index in [1.165, 1.54) is 6.08 Å². The Kier molecular flexibility index (Phi) is 9.85. The Morgan fingerprint density at radius 2 is 1.73 bits per heavy atom. The summed E-state index contributed by atoms with van der Waals surface area (Å²) < 4.78 is 10.4. The van der Waals surface area contributed by atoms with Crippen LogP contribution in [0.25, 0.3) is 0 Å². The van der Waals surface area contributed by atoms with E-state index in [1.807, 2.05) is 13.8 Å². The standard InChI is InChI=1S/C22H31ClN2O5/c1-7-12-29-21(28)25-18(15-8-10-16(23)11-9-15)19(26)24-17(13-14(2)3)20(27)30-22(4,5)6/h7-11,14,17-18H,1,12-13H2,2-6H3,(H,24,26)(H,25,28)/t17-,18+/m0/s1. The van der Waals surface area contributed by atoms with Crippen molar-refractivity contribution >= 4 is 29.6 Å². The van der Waals surface area contributed by atoms with Crippen LogP contribution in [0.5, 0.6) is 0 Å². The summed E-state index contributed by atoms with van der Waals surface area (Å²) in [7, 11) is 0. The third kappa shape index (κ3) is 9.31. The first kappa shape index (κ1) is 25.5. The van der Waals surface area contributed by atoms with Crippen molar-refractivity contribution in [3.63, 3.8) is 0 Å². The van der Waals surface area contributed by atoms with Gasteiger partial charge < -0.3 is 20.1 Å². The highest BCUT2D eigenvalue weighted by molar-refractivity contribution is 6.30. The van der Waals surface area contributed by atoms with Crippen LogP contribution in [0.4, 0.5) is 4.79 Å². The summed E-state index contributed by atoms with van der Waals surface area (Å²) in [6.07, 6.45) is 1.01. The van der Waals surface area contributed by atoms with Gasteiger partial charge in [0.1, 0.15) is 24.3 Å². The third-order valence-corrected chi connectivity index (χ3v) is 4.03. The SMILES string of the molecule is C=CCOC(=O)N[C@@H](C(=O)N[C@@H](CC(C)C)C(=O)OC(C)(C)C)c1ccc(Cl)cc1. The van der Waals surface area contributed by atoms with Crippen molar-refractivity contribution in [2.75, 3.05) is 6.61 Å². The van der Waals surface area contributed by atoms with Crippen LogP contribution in [0.3, 0.4) is 0 Å². The topological polar surface area (TPSA) is 93.7 Å². The number of halogens is 1. The molecule has 0 heterocycles. The molecular weight excluding hydrogens is 408 g/mol. The summed E-state index contributed by atoms with van der Waals surface area (Å²) in [6, 6.07) is 4.49. The number of hydrogen-bond donors (Lipinski definition) is 2. The van der Waals surface area contributed by atoms with Crippen LogP contribution in [-0.4, -0.2) is 36.2 Å². The molecule has 0 aromatic heterocycles. The molecule has 1 rings (SSSR count). The number of alkyl carbamates (subject to hydrolysis) is 1. The lowest BCUT2D eigenvalue weighted by Gasteiger charge is -2.27. The molecule has 0 radical (unpaired) electrons. The monoisotopic (exact) mass is 438 g/mol. The van der Waals surface area contributed by atoms with Gasteiger partial charge in [-0.25, -0.2) is 9.59 Å². The van der Waals surface area contributed by atoms with Gasteiger partial charge in [0.25, 0.3) is 0 Å². The van der Waals surface area contributed by atoms with Gasteiger partial charge in [-0.3, -0.25) is 4.79 Å². The van der Waals surface area contributed by atoms with E-state index in [-0.39, 0.29) is 12.5 Å². The van der Waals surface area contributed by atoms with Crippen LogP contribution in [0.15, 0.2) is 36.9 Å².